The lowest BCUT2D eigenvalue weighted by Crippen LogP contribution is -2.41. The molecule has 3 heteroatoms. The smallest absolute Gasteiger partial charge is 0.0945 e. The maximum absolute atomic E-state index is 5.86. The molecule has 1 aliphatic heterocycles. The Morgan fingerprint density at radius 2 is 1.67 bits per heavy atom. The third kappa shape index (κ3) is 2.01. The van der Waals surface area contributed by atoms with E-state index < -0.39 is 0 Å². The van der Waals surface area contributed by atoms with Crippen LogP contribution in [-0.4, -0.2) is 11.2 Å². The molecule has 0 bridgehead atoms. The minimum absolute atomic E-state index is 0.118. The minimum Gasteiger partial charge on any atom is -0.364 e. The van der Waals surface area contributed by atoms with Crippen LogP contribution in [0, 0.1) is 0 Å². The molecular formula is C9H16OS2. The van der Waals surface area contributed by atoms with Crippen LogP contribution in [0.2, 0.25) is 0 Å². The van der Waals surface area contributed by atoms with Crippen LogP contribution >= 0.6 is 25.3 Å². The van der Waals surface area contributed by atoms with Crippen molar-refractivity contribution in [1.82, 2.24) is 0 Å². The van der Waals surface area contributed by atoms with Gasteiger partial charge in [0.15, 0.2) is 0 Å². The van der Waals surface area contributed by atoms with Gasteiger partial charge in [0.1, 0.15) is 0 Å². The highest BCUT2D eigenvalue weighted by Gasteiger charge is 2.37. The van der Waals surface area contributed by atoms with Gasteiger partial charge in [0.25, 0.3) is 0 Å². The monoisotopic (exact) mass is 204 g/mol. The van der Waals surface area contributed by atoms with E-state index in [0.717, 1.165) is 16.2 Å². The fourth-order valence-electron chi connectivity index (χ4n) is 1.61. The van der Waals surface area contributed by atoms with Crippen molar-refractivity contribution in [2.24, 2.45) is 0 Å². The lowest BCUT2D eigenvalue weighted by Gasteiger charge is -2.41. The van der Waals surface area contributed by atoms with Crippen LogP contribution in [0.5, 0.6) is 0 Å². The molecule has 1 rings (SSSR count). The van der Waals surface area contributed by atoms with Gasteiger partial charge in [-0.05, 0) is 32.6 Å². The van der Waals surface area contributed by atoms with Gasteiger partial charge in [-0.25, -0.2) is 0 Å². The number of ether oxygens (including phenoxy) is 1. The highest BCUT2D eigenvalue weighted by atomic mass is 32.1. The van der Waals surface area contributed by atoms with Gasteiger partial charge < -0.3 is 4.74 Å². The van der Waals surface area contributed by atoms with Crippen LogP contribution in [0.3, 0.4) is 0 Å². The summed E-state index contributed by atoms with van der Waals surface area (Å²) >= 11 is 8.80. The lowest BCUT2D eigenvalue weighted by atomic mass is 9.95. The van der Waals surface area contributed by atoms with Crippen molar-refractivity contribution < 1.29 is 4.74 Å². The highest BCUT2D eigenvalue weighted by molar-refractivity contribution is 7.88. The third-order valence-corrected chi connectivity index (χ3v) is 3.33. The summed E-state index contributed by atoms with van der Waals surface area (Å²) < 4.78 is 5.86. The Bertz CT molecular complexity index is 229. The van der Waals surface area contributed by atoms with Crippen LogP contribution in [0.4, 0.5) is 0 Å². The van der Waals surface area contributed by atoms with Gasteiger partial charge in [-0.1, -0.05) is 0 Å². The van der Waals surface area contributed by atoms with Gasteiger partial charge in [0.05, 0.1) is 11.2 Å². The summed E-state index contributed by atoms with van der Waals surface area (Å²) in [7, 11) is 0. The van der Waals surface area contributed by atoms with Crippen molar-refractivity contribution >= 4 is 25.3 Å². The summed E-state index contributed by atoms with van der Waals surface area (Å²) in [5.41, 5.74) is -0.408. The first-order valence-corrected chi connectivity index (χ1v) is 4.96. The second kappa shape index (κ2) is 2.96. The summed E-state index contributed by atoms with van der Waals surface area (Å²) in [6.45, 7) is 8.19. The molecule has 0 amide bonds. The van der Waals surface area contributed by atoms with Crippen molar-refractivity contribution in [1.29, 1.82) is 0 Å². The maximum atomic E-state index is 5.86. The molecule has 0 aromatic carbocycles. The van der Waals surface area contributed by atoms with Crippen LogP contribution < -0.4 is 0 Å². The molecule has 0 fully saturated rings. The molecular weight excluding hydrogens is 188 g/mol. The Morgan fingerprint density at radius 1 is 1.17 bits per heavy atom. The fraction of sp³-hybridized carbons (Fsp3) is 0.778. The average Bonchev–Trinajstić information content (AvgIpc) is 1.79. The van der Waals surface area contributed by atoms with Gasteiger partial charge in [-0.3, -0.25) is 0 Å². The second-order valence-corrected chi connectivity index (χ2v) is 5.33. The third-order valence-electron chi connectivity index (χ3n) is 1.97. The molecule has 0 saturated carbocycles. The van der Waals surface area contributed by atoms with E-state index in [2.05, 4.69) is 39.1 Å². The molecule has 0 aromatic rings. The lowest BCUT2D eigenvalue weighted by molar-refractivity contribution is -0.106. The zero-order chi connectivity index (χ0) is 9.57. The molecule has 70 valence electrons. The van der Waals surface area contributed by atoms with Crippen LogP contribution in [0.15, 0.2) is 9.81 Å². The van der Waals surface area contributed by atoms with E-state index >= 15 is 0 Å². The van der Waals surface area contributed by atoms with Crippen molar-refractivity contribution in [2.45, 2.75) is 45.3 Å². The number of hydrogen-bond acceptors (Lipinski definition) is 3. The Morgan fingerprint density at radius 3 is 2.08 bits per heavy atom. The Balaban J connectivity index is 3.03. The van der Waals surface area contributed by atoms with Gasteiger partial charge in [-0.2, -0.15) is 0 Å². The van der Waals surface area contributed by atoms with Crippen LogP contribution in [-0.2, 0) is 4.74 Å². The van der Waals surface area contributed by atoms with E-state index in [9.17, 15) is 0 Å². The maximum Gasteiger partial charge on any atom is 0.0945 e. The number of hydrogen-bond donors (Lipinski definition) is 2. The van der Waals surface area contributed by atoms with Crippen molar-refractivity contribution in [2.75, 3.05) is 0 Å². The summed E-state index contributed by atoms with van der Waals surface area (Å²) in [6.07, 6.45) is 0.846. The standard InChI is InChI=1S/C9H16OS2/c1-8(2)5-6(11)7(12)9(3,4)10-8/h11-12H,5H2,1-4H3. The van der Waals surface area contributed by atoms with Gasteiger partial charge in [-0.15, -0.1) is 25.3 Å². The fourth-order valence-corrected chi connectivity index (χ4v) is 2.38. The zero-order valence-corrected chi connectivity index (χ0v) is 9.80. The molecule has 1 nitrogen and oxygen atoms in total. The molecule has 0 spiro atoms. The number of rotatable bonds is 0. The molecule has 0 aromatic heterocycles. The predicted molar refractivity (Wildman–Crippen MR) is 58.9 cm³/mol. The predicted octanol–water partition coefficient (Wildman–Crippen LogP) is 3.04. The van der Waals surface area contributed by atoms with E-state index in [1.54, 1.807) is 0 Å². The summed E-state index contributed by atoms with van der Waals surface area (Å²) in [6, 6.07) is 0. The normalized spacial score (nSPS) is 27.5. The molecule has 0 aliphatic carbocycles. The minimum atomic E-state index is -0.290. The molecule has 1 aliphatic rings. The van der Waals surface area contributed by atoms with Gasteiger partial charge in [0, 0.05) is 11.3 Å². The van der Waals surface area contributed by atoms with Crippen molar-refractivity contribution in [3.63, 3.8) is 0 Å². The van der Waals surface area contributed by atoms with E-state index in [1.165, 1.54) is 0 Å². The summed E-state index contributed by atoms with van der Waals surface area (Å²) in [5.74, 6) is 0. The number of thiol groups is 2. The molecule has 0 radical (unpaired) electrons. The molecule has 0 atom stereocenters. The quantitative estimate of drug-likeness (QED) is 0.577. The summed E-state index contributed by atoms with van der Waals surface area (Å²) in [5, 5.41) is 0. The van der Waals surface area contributed by atoms with Crippen molar-refractivity contribution in [3.8, 4) is 0 Å². The first-order chi connectivity index (χ1) is 5.25. The van der Waals surface area contributed by atoms with Crippen LogP contribution in [0.25, 0.3) is 0 Å². The van der Waals surface area contributed by atoms with E-state index in [1.807, 2.05) is 13.8 Å². The molecule has 0 unspecified atom stereocenters. The zero-order valence-electron chi connectivity index (χ0n) is 8.01. The molecule has 1 heterocycles. The van der Waals surface area contributed by atoms with E-state index in [4.69, 9.17) is 4.74 Å². The van der Waals surface area contributed by atoms with Crippen LogP contribution in [0.1, 0.15) is 34.1 Å². The molecule has 0 saturated heterocycles. The second-order valence-electron chi connectivity index (χ2n) is 4.34. The Labute approximate surface area is 85.4 Å². The topological polar surface area (TPSA) is 9.23 Å². The average molecular weight is 204 g/mol. The Hall–Kier alpha value is 0.400. The highest BCUT2D eigenvalue weighted by Crippen LogP contribution is 2.41. The molecule has 0 N–H and O–H groups in total. The van der Waals surface area contributed by atoms with E-state index in [-0.39, 0.29) is 11.2 Å². The van der Waals surface area contributed by atoms with Gasteiger partial charge in [0.2, 0.25) is 0 Å². The van der Waals surface area contributed by atoms with Crippen molar-refractivity contribution in [3.05, 3.63) is 9.81 Å². The first kappa shape index (κ1) is 10.5. The largest absolute Gasteiger partial charge is 0.364 e. The summed E-state index contributed by atoms with van der Waals surface area (Å²) in [4.78, 5) is 1.99. The van der Waals surface area contributed by atoms with Gasteiger partial charge >= 0.3 is 0 Å². The van der Waals surface area contributed by atoms with E-state index in [0.29, 0.717) is 0 Å². The molecule has 12 heavy (non-hydrogen) atoms. The SMILES string of the molecule is CC1(C)CC(S)=C(S)C(C)(C)O1. The first-order valence-electron chi connectivity index (χ1n) is 4.06. The Kier molecular flexibility index (Phi) is 2.59.